The summed E-state index contributed by atoms with van der Waals surface area (Å²) in [6.45, 7) is 3.53. The van der Waals surface area contributed by atoms with Crippen LogP contribution in [0.25, 0.3) is 10.8 Å². The van der Waals surface area contributed by atoms with Gasteiger partial charge in [0.1, 0.15) is 0 Å². The quantitative estimate of drug-likeness (QED) is 0.446. The first-order chi connectivity index (χ1) is 14.7. The Kier molecular flexibility index (Phi) is 8.80. The molecule has 4 nitrogen and oxygen atoms in total. The minimum atomic E-state index is -0.0640. The second-order valence-corrected chi connectivity index (χ2v) is 7.91. The van der Waals surface area contributed by atoms with E-state index in [0.29, 0.717) is 19.0 Å². The highest BCUT2D eigenvalue weighted by molar-refractivity contribution is 5.86. The topological polar surface area (TPSA) is 53.2 Å². The van der Waals surface area contributed by atoms with Gasteiger partial charge in [-0.25, -0.2) is 4.79 Å². The Bertz CT molecular complexity index is 898. The van der Waals surface area contributed by atoms with Gasteiger partial charge in [-0.1, -0.05) is 79.6 Å². The molecule has 4 heteroatoms. The Hall–Kier alpha value is -2.77. The summed E-state index contributed by atoms with van der Waals surface area (Å²) in [5.74, 6) is 6.12. The fourth-order valence-electron chi connectivity index (χ4n) is 3.95. The van der Waals surface area contributed by atoms with Crippen LogP contribution in [-0.4, -0.2) is 25.2 Å². The van der Waals surface area contributed by atoms with E-state index in [1.807, 2.05) is 12.2 Å². The van der Waals surface area contributed by atoms with Crippen LogP contribution in [0.5, 0.6) is 0 Å². The van der Waals surface area contributed by atoms with Gasteiger partial charge in [0.05, 0.1) is 0 Å². The van der Waals surface area contributed by atoms with Crippen molar-refractivity contribution in [2.45, 2.75) is 57.5 Å². The fraction of sp³-hybridized carbons (Fsp3) is 0.423. The fourth-order valence-corrected chi connectivity index (χ4v) is 3.95. The van der Waals surface area contributed by atoms with Gasteiger partial charge < -0.3 is 16.0 Å². The van der Waals surface area contributed by atoms with Crippen molar-refractivity contribution in [1.82, 2.24) is 16.0 Å². The SMILES string of the molecule is C[C@@H](NCC=CC#CCCNC(=O)NC1CCCCC1)c1cccc2ccccc12. The lowest BCUT2D eigenvalue weighted by Gasteiger charge is -2.22. The van der Waals surface area contributed by atoms with Crippen LogP contribution in [-0.2, 0) is 0 Å². The first-order valence-electron chi connectivity index (χ1n) is 11.1. The number of hydrogen-bond donors (Lipinski definition) is 3. The maximum Gasteiger partial charge on any atom is 0.315 e. The Morgan fingerprint density at radius 1 is 1.13 bits per heavy atom. The van der Waals surface area contributed by atoms with E-state index in [4.69, 9.17) is 0 Å². The maximum atomic E-state index is 11.9. The molecule has 2 aromatic rings. The monoisotopic (exact) mass is 403 g/mol. The molecule has 0 aromatic heterocycles. The zero-order valence-electron chi connectivity index (χ0n) is 17.9. The molecule has 1 saturated carbocycles. The summed E-state index contributed by atoms with van der Waals surface area (Å²) < 4.78 is 0. The second-order valence-electron chi connectivity index (χ2n) is 7.91. The van der Waals surface area contributed by atoms with Crippen LogP contribution in [0.4, 0.5) is 4.79 Å². The third-order valence-electron chi connectivity index (χ3n) is 5.61. The van der Waals surface area contributed by atoms with Gasteiger partial charge in [-0.15, -0.1) is 0 Å². The summed E-state index contributed by atoms with van der Waals surface area (Å²) in [5.41, 5.74) is 1.31. The number of benzene rings is 2. The van der Waals surface area contributed by atoms with Crippen LogP contribution in [0.3, 0.4) is 0 Å². The molecule has 2 aromatic carbocycles. The third-order valence-corrected chi connectivity index (χ3v) is 5.61. The van der Waals surface area contributed by atoms with Gasteiger partial charge in [0.15, 0.2) is 0 Å². The molecular weight excluding hydrogens is 370 g/mol. The van der Waals surface area contributed by atoms with Crippen LogP contribution in [0.2, 0.25) is 0 Å². The smallest absolute Gasteiger partial charge is 0.315 e. The molecule has 158 valence electrons. The molecule has 1 aliphatic rings. The van der Waals surface area contributed by atoms with Crippen LogP contribution < -0.4 is 16.0 Å². The van der Waals surface area contributed by atoms with E-state index < -0.39 is 0 Å². The highest BCUT2D eigenvalue weighted by Crippen LogP contribution is 2.23. The van der Waals surface area contributed by atoms with Crippen molar-refractivity contribution in [3.63, 3.8) is 0 Å². The lowest BCUT2D eigenvalue weighted by molar-refractivity contribution is 0.233. The number of rotatable bonds is 7. The number of hydrogen-bond acceptors (Lipinski definition) is 2. The molecule has 1 atom stereocenters. The molecule has 0 aliphatic heterocycles. The largest absolute Gasteiger partial charge is 0.337 e. The second kappa shape index (κ2) is 12.0. The van der Waals surface area contributed by atoms with Crippen molar-refractivity contribution in [2.75, 3.05) is 13.1 Å². The predicted molar refractivity (Wildman–Crippen MR) is 125 cm³/mol. The minimum Gasteiger partial charge on any atom is -0.337 e. The van der Waals surface area contributed by atoms with Gasteiger partial charge in [-0.3, -0.25) is 0 Å². The Labute approximate surface area is 180 Å². The van der Waals surface area contributed by atoms with E-state index in [9.17, 15) is 4.79 Å². The molecule has 3 N–H and O–H groups in total. The number of carbonyl (C=O) groups is 1. The van der Waals surface area contributed by atoms with Crippen molar-refractivity contribution in [1.29, 1.82) is 0 Å². The normalized spacial score (nSPS) is 15.5. The Morgan fingerprint density at radius 2 is 1.93 bits per heavy atom. The number of fused-ring (bicyclic) bond motifs is 1. The zero-order chi connectivity index (χ0) is 21.0. The highest BCUT2D eigenvalue weighted by Gasteiger charge is 2.14. The van der Waals surface area contributed by atoms with E-state index in [1.165, 1.54) is 35.6 Å². The summed E-state index contributed by atoms with van der Waals surface area (Å²) in [6.07, 6.45) is 10.5. The van der Waals surface area contributed by atoms with Crippen LogP contribution in [0, 0.1) is 11.8 Å². The summed E-state index contributed by atoms with van der Waals surface area (Å²) in [4.78, 5) is 11.9. The molecule has 1 fully saturated rings. The molecule has 0 bridgehead atoms. The van der Waals surface area contributed by atoms with Crippen LogP contribution in [0.1, 0.15) is 57.1 Å². The lowest BCUT2D eigenvalue weighted by Crippen LogP contribution is -2.43. The molecule has 0 radical (unpaired) electrons. The van der Waals surface area contributed by atoms with E-state index in [2.05, 4.69) is 77.2 Å². The van der Waals surface area contributed by atoms with Crippen molar-refractivity contribution in [3.8, 4) is 11.8 Å². The first-order valence-corrected chi connectivity index (χ1v) is 11.1. The van der Waals surface area contributed by atoms with Gasteiger partial charge in [0.2, 0.25) is 0 Å². The molecule has 30 heavy (non-hydrogen) atoms. The minimum absolute atomic E-state index is 0.0640. The highest BCUT2D eigenvalue weighted by atomic mass is 16.2. The number of nitrogens with one attached hydrogen (secondary N) is 3. The Morgan fingerprint density at radius 3 is 2.80 bits per heavy atom. The summed E-state index contributed by atoms with van der Waals surface area (Å²) in [7, 11) is 0. The molecule has 0 saturated heterocycles. The summed E-state index contributed by atoms with van der Waals surface area (Å²) in [5, 5.41) is 12.0. The molecule has 1 aliphatic carbocycles. The standard InChI is InChI=1S/C26H33N3O/c1-21(24-18-12-14-22-13-8-9-17-25(22)24)27-19-10-3-2-4-11-20-28-26(30)29-23-15-6-5-7-16-23/h3,8-10,12-14,17-18,21,23,27H,5-7,11,15-16,19-20H2,1H3,(H2,28,29,30)/t21-/m1/s1. The van der Waals surface area contributed by atoms with Crippen molar-refractivity contribution in [3.05, 3.63) is 60.2 Å². The number of urea groups is 1. The Balaban J connectivity index is 1.32. The first kappa shape index (κ1) is 21.9. The number of carbonyl (C=O) groups excluding carboxylic acids is 1. The summed E-state index contributed by atoms with van der Waals surface area (Å²) >= 11 is 0. The van der Waals surface area contributed by atoms with Crippen LogP contribution >= 0.6 is 0 Å². The molecule has 0 spiro atoms. The van der Waals surface area contributed by atoms with Crippen molar-refractivity contribution >= 4 is 16.8 Å². The number of amides is 2. The molecular formula is C26H33N3O. The molecule has 0 heterocycles. The predicted octanol–water partition coefficient (Wildman–Crippen LogP) is 5.07. The van der Waals surface area contributed by atoms with Crippen molar-refractivity contribution in [2.24, 2.45) is 0 Å². The zero-order valence-corrected chi connectivity index (χ0v) is 17.9. The van der Waals surface area contributed by atoms with E-state index in [-0.39, 0.29) is 12.1 Å². The van der Waals surface area contributed by atoms with E-state index in [0.717, 1.165) is 19.4 Å². The number of allylic oxidation sites excluding steroid dienone is 1. The molecule has 0 unspecified atom stereocenters. The van der Waals surface area contributed by atoms with Crippen molar-refractivity contribution < 1.29 is 4.79 Å². The summed E-state index contributed by atoms with van der Waals surface area (Å²) in [6, 6.07) is 15.5. The van der Waals surface area contributed by atoms with Gasteiger partial charge >= 0.3 is 6.03 Å². The van der Waals surface area contributed by atoms with Gasteiger partial charge in [-0.05, 0) is 42.2 Å². The average molecular weight is 404 g/mol. The molecule has 2 amide bonds. The van der Waals surface area contributed by atoms with Gasteiger partial charge in [0, 0.05) is 31.6 Å². The van der Waals surface area contributed by atoms with Gasteiger partial charge in [-0.2, -0.15) is 0 Å². The average Bonchev–Trinajstić information content (AvgIpc) is 2.78. The van der Waals surface area contributed by atoms with E-state index in [1.54, 1.807) is 0 Å². The third kappa shape index (κ3) is 6.93. The van der Waals surface area contributed by atoms with Crippen LogP contribution in [0.15, 0.2) is 54.6 Å². The van der Waals surface area contributed by atoms with Gasteiger partial charge in [0.25, 0.3) is 0 Å². The lowest BCUT2D eigenvalue weighted by atomic mass is 9.96. The molecule has 3 rings (SSSR count). The van der Waals surface area contributed by atoms with E-state index >= 15 is 0 Å². The maximum absolute atomic E-state index is 11.9.